The monoisotopic (exact) mass is 224 g/mol. The number of rotatable bonds is 8. The molecule has 0 saturated heterocycles. The van der Waals surface area contributed by atoms with Crippen molar-refractivity contribution >= 4 is 5.91 Å². The van der Waals surface area contributed by atoms with Crippen LogP contribution in [-0.2, 0) is 9.53 Å². The summed E-state index contributed by atoms with van der Waals surface area (Å²) in [6, 6.07) is 0. The van der Waals surface area contributed by atoms with Gasteiger partial charge in [0.05, 0.1) is 13.1 Å². The lowest BCUT2D eigenvalue weighted by molar-refractivity contribution is -0.120. The second-order valence-electron chi connectivity index (χ2n) is 4.33. The SMILES string of the molecule is C#CCNCC(=O)NCC1(CCOC)CC1. The summed E-state index contributed by atoms with van der Waals surface area (Å²) in [7, 11) is 1.71. The Hall–Kier alpha value is -1.05. The Labute approximate surface area is 97.1 Å². The molecule has 0 atom stereocenters. The summed E-state index contributed by atoms with van der Waals surface area (Å²) in [5, 5.41) is 5.79. The smallest absolute Gasteiger partial charge is 0.234 e. The maximum atomic E-state index is 11.4. The first-order valence-electron chi connectivity index (χ1n) is 5.62. The van der Waals surface area contributed by atoms with Gasteiger partial charge in [0, 0.05) is 20.3 Å². The molecule has 0 aliphatic heterocycles. The van der Waals surface area contributed by atoms with Crippen molar-refractivity contribution in [3.05, 3.63) is 0 Å². The van der Waals surface area contributed by atoms with Gasteiger partial charge in [0.2, 0.25) is 5.91 Å². The van der Waals surface area contributed by atoms with E-state index in [2.05, 4.69) is 16.6 Å². The van der Waals surface area contributed by atoms with Crippen LogP contribution in [0.5, 0.6) is 0 Å². The van der Waals surface area contributed by atoms with Crippen LogP contribution in [0.2, 0.25) is 0 Å². The largest absolute Gasteiger partial charge is 0.385 e. The highest BCUT2D eigenvalue weighted by atomic mass is 16.5. The van der Waals surface area contributed by atoms with E-state index < -0.39 is 0 Å². The molecule has 1 fully saturated rings. The average molecular weight is 224 g/mol. The summed E-state index contributed by atoms with van der Waals surface area (Å²) in [6.07, 6.45) is 8.47. The molecule has 1 aliphatic carbocycles. The zero-order chi connectivity index (χ0) is 11.9. The fraction of sp³-hybridized carbons (Fsp3) is 0.750. The zero-order valence-corrected chi connectivity index (χ0v) is 9.84. The van der Waals surface area contributed by atoms with Crippen LogP contribution in [0.15, 0.2) is 0 Å². The van der Waals surface area contributed by atoms with Gasteiger partial charge in [0.15, 0.2) is 0 Å². The van der Waals surface area contributed by atoms with Gasteiger partial charge in [-0.05, 0) is 24.7 Å². The lowest BCUT2D eigenvalue weighted by Crippen LogP contribution is -2.37. The summed E-state index contributed by atoms with van der Waals surface area (Å²) in [5.74, 6) is 2.44. The third-order valence-electron chi connectivity index (χ3n) is 2.97. The van der Waals surface area contributed by atoms with Crippen molar-refractivity contribution in [1.82, 2.24) is 10.6 Å². The van der Waals surface area contributed by atoms with E-state index in [0.29, 0.717) is 18.5 Å². The normalized spacial score (nSPS) is 16.5. The van der Waals surface area contributed by atoms with E-state index in [1.54, 1.807) is 7.11 Å². The predicted molar refractivity (Wildman–Crippen MR) is 62.9 cm³/mol. The lowest BCUT2D eigenvalue weighted by Gasteiger charge is -2.15. The number of amides is 1. The minimum absolute atomic E-state index is 0.0129. The van der Waals surface area contributed by atoms with Gasteiger partial charge in [0.1, 0.15) is 0 Å². The van der Waals surface area contributed by atoms with Gasteiger partial charge >= 0.3 is 0 Å². The van der Waals surface area contributed by atoms with E-state index in [9.17, 15) is 4.79 Å². The second kappa shape index (κ2) is 6.51. The third kappa shape index (κ3) is 4.65. The molecule has 0 aromatic carbocycles. The van der Waals surface area contributed by atoms with Gasteiger partial charge in [0.25, 0.3) is 0 Å². The number of carbonyl (C=O) groups excluding carboxylic acids is 1. The topological polar surface area (TPSA) is 50.4 Å². The van der Waals surface area contributed by atoms with Crippen molar-refractivity contribution in [2.75, 3.05) is 33.4 Å². The Bertz CT molecular complexity index is 267. The molecule has 0 radical (unpaired) electrons. The minimum atomic E-state index is 0.0129. The molecule has 1 amide bonds. The van der Waals surface area contributed by atoms with Gasteiger partial charge in [-0.1, -0.05) is 5.92 Å². The van der Waals surface area contributed by atoms with Crippen LogP contribution in [-0.4, -0.2) is 39.3 Å². The maximum Gasteiger partial charge on any atom is 0.234 e. The zero-order valence-electron chi connectivity index (χ0n) is 9.84. The third-order valence-corrected chi connectivity index (χ3v) is 2.97. The standard InChI is InChI=1S/C12H20N2O2/c1-3-7-13-9-11(15)14-10-12(4-5-12)6-8-16-2/h1,13H,4-10H2,2H3,(H,14,15). The van der Waals surface area contributed by atoms with Gasteiger partial charge in [-0.25, -0.2) is 0 Å². The highest BCUT2D eigenvalue weighted by molar-refractivity contribution is 5.78. The molecular formula is C12H20N2O2. The second-order valence-corrected chi connectivity index (χ2v) is 4.33. The molecule has 1 saturated carbocycles. The van der Waals surface area contributed by atoms with Crippen molar-refractivity contribution in [2.24, 2.45) is 5.41 Å². The number of hydrogen-bond donors (Lipinski definition) is 2. The lowest BCUT2D eigenvalue weighted by atomic mass is 10.0. The first-order chi connectivity index (χ1) is 7.72. The van der Waals surface area contributed by atoms with E-state index in [1.165, 1.54) is 12.8 Å². The van der Waals surface area contributed by atoms with Gasteiger partial charge in [-0.15, -0.1) is 6.42 Å². The summed E-state index contributed by atoms with van der Waals surface area (Å²) in [6.45, 7) is 2.25. The number of carbonyl (C=O) groups is 1. The van der Waals surface area contributed by atoms with Crippen LogP contribution >= 0.6 is 0 Å². The summed E-state index contributed by atoms with van der Waals surface area (Å²) in [5.41, 5.74) is 0.303. The van der Waals surface area contributed by atoms with Crippen LogP contribution in [0.25, 0.3) is 0 Å². The summed E-state index contributed by atoms with van der Waals surface area (Å²) in [4.78, 5) is 11.4. The molecule has 4 nitrogen and oxygen atoms in total. The van der Waals surface area contributed by atoms with E-state index in [-0.39, 0.29) is 5.91 Å². The predicted octanol–water partition coefficient (Wildman–Crippen LogP) is 0.142. The number of nitrogens with one attached hydrogen (secondary N) is 2. The fourth-order valence-corrected chi connectivity index (χ4v) is 1.61. The van der Waals surface area contributed by atoms with E-state index in [1.807, 2.05) is 0 Å². The highest BCUT2D eigenvalue weighted by Gasteiger charge is 2.41. The van der Waals surface area contributed by atoms with Crippen LogP contribution < -0.4 is 10.6 Å². The Kier molecular flexibility index (Phi) is 5.30. The number of ether oxygens (including phenoxy) is 1. The van der Waals surface area contributed by atoms with Crippen molar-refractivity contribution in [2.45, 2.75) is 19.3 Å². The Morgan fingerprint density at radius 2 is 2.31 bits per heavy atom. The number of hydrogen-bond acceptors (Lipinski definition) is 3. The Balaban J connectivity index is 2.09. The van der Waals surface area contributed by atoms with E-state index >= 15 is 0 Å². The molecule has 0 bridgehead atoms. The molecule has 0 spiro atoms. The molecule has 0 unspecified atom stereocenters. The molecule has 4 heteroatoms. The van der Waals surface area contributed by atoms with Crippen molar-refractivity contribution in [3.63, 3.8) is 0 Å². The molecule has 2 N–H and O–H groups in total. The quantitative estimate of drug-likeness (QED) is 0.455. The molecular weight excluding hydrogens is 204 g/mol. The fourth-order valence-electron chi connectivity index (χ4n) is 1.61. The van der Waals surface area contributed by atoms with Crippen LogP contribution in [0, 0.1) is 17.8 Å². The van der Waals surface area contributed by atoms with Gasteiger partial charge in [-0.2, -0.15) is 0 Å². The van der Waals surface area contributed by atoms with Crippen molar-refractivity contribution in [1.29, 1.82) is 0 Å². The van der Waals surface area contributed by atoms with Gasteiger partial charge < -0.3 is 10.1 Å². The molecule has 90 valence electrons. The van der Waals surface area contributed by atoms with Crippen molar-refractivity contribution in [3.8, 4) is 12.3 Å². The first-order valence-corrected chi connectivity index (χ1v) is 5.62. The van der Waals surface area contributed by atoms with Gasteiger partial charge in [-0.3, -0.25) is 10.1 Å². The minimum Gasteiger partial charge on any atom is -0.385 e. The average Bonchev–Trinajstić information content (AvgIpc) is 3.05. The number of terminal acetylenes is 1. The number of methoxy groups -OCH3 is 1. The summed E-state index contributed by atoms with van der Waals surface area (Å²) >= 11 is 0. The van der Waals surface area contributed by atoms with Crippen LogP contribution in [0.3, 0.4) is 0 Å². The summed E-state index contributed by atoms with van der Waals surface area (Å²) < 4.78 is 5.06. The maximum absolute atomic E-state index is 11.4. The molecule has 16 heavy (non-hydrogen) atoms. The first kappa shape index (κ1) is 13.0. The Morgan fingerprint density at radius 1 is 1.56 bits per heavy atom. The van der Waals surface area contributed by atoms with Crippen molar-refractivity contribution < 1.29 is 9.53 Å². The van der Waals surface area contributed by atoms with Crippen LogP contribution in [0.4, 0.5) is 0 Å². The van der Waals surface area contributed by atoms with E-state index in [4.69, 9.17) is 11.2 Å². The van der Waals surface area contributed by atoms with E-state index in [0.717, 1.165) is 19.6 Å². The Morgan fingerprint density at radius 3 is 2.88 bits per heavy atom. The highest BCUT2D eigenvalue weighted by Crippen LogP contribution is 2.48. The molecule has 0 aromatic rings. The molecule has 1 aliphatic rings. The van der Waals surface area contributed by atoms with Crippen LogP contribution in [0.1, 0.15) is 19.3 Å². The molecule has 0 aromatic heterocycles. The molecule has 0 heterocycles. The molecule has 1 rings (SSSR count).